The monoisotopic (exact) mass is 445 g/mol. The van der Waals surface area contributed by atoms with Crippen molar-refractivity contribution in [1.29, 1.82) is 0 Å². The second-order valence-electron chi connectivity index (χ2n) is 7.17. The molecule has 3 rings (SSSR count). The molecule has 0 aliphatic carbocycles. The highest BCUT2D eigenvalue weighted by atomic mass is 19.4. The Morgan fingerprint density at radius 2 is 1.81 bits per heavy atom. The first-order chi connectivity index (χ1) is 15.1. The molecule has 6 nitrogen and oxygen atoms in total. The molecule has 1 atom stereocenters. The minimum atomic E-state index is -4.49. The van der Waals surface area contributed by atoms with E-state index in [1.165, 1.54) is 42.1 Å². The van der Waals surface area contributed by atoms with Gasteiger partial charge in [0.25, 0.3) is 11.5 Å². The lowest BCUT2D eigenvalue weighted by molar-refractivity contribution is -0.136. The first-order valence-corrected chi connectivity index (χ1v) is 9.69. The quantitative estimate of drug-likeness (QED) is 0.580. The van der Waals surface area contributed by atoms with E-state index in [0.717, 1.165) is 6.07 Å². The molecule has 2 N–H and O–H groups in total. The van der Waals surface area contributed by atoms with Crippen molar-refractivity contribution in [3.05, 3.63) is 87.8 Å². The maximum absolute atomic E-state index is 13.3. The van der Waals surface area contributed by atoms with Crippen LogP contribution in [-0.4, -0.2) is 17.6 Å². The molecule has 9 heteroatoms. The molecule has 0 unspecified atom stereocenters. The number of methoxy groups -OCH3 is 1. The van der Waals surface area contributed by atoms with Crippen molar-refractivity contribution in [2.45, 2.75) is 19.1 Å². The molecule has 0 aliphatic rings. The van der Waals surface area contributed by atoms with Crippen LogP contribution in [0.1, 0.15) is 34.5 Å². The average molecular weight is 445 g/mol. The molecule has 1 aromatic heterocycles. The summed E-state index contributed by atoms with van der Waals surface area (Å²) < 4.78 is 46.2. The number of rotatable bonds is 6. The van der Waals surface area contributed by atoms with E-state index in [4.69, 9.17) is 4.74 Å². The number of halogens is 3. The zero-order valence-corrected chi connectivity index (χ0v) is 17.7. The molecule has 3 aromatic rings. The van der Waals surface area contributed by atoms with Gasteiger partial charge in [-0.15, -0.1) is 0 Å². The highest BCUT2D eigenvalue weighted by molar-refractivity contribution is 5.97. The summed E-state index contributed by atoms with van der Waals surface area (Å²) in [5.41, 5.74) is -0.0940. The Bertz CT molecular complexity index is 1190. The van der Waals surface area contributed by atoms with Crippen molar-refractivity contribution in [2.24, 2.45) is 7.05 Å². The maximum Gasteiger partial charge on any atom is 0.418 e. The summed E-state index contributed by atoms with van der Waals surface area (Å²) in [5.74, 6) is -0.577. The topological polar surface area (TPSA) is 72.4 Å². The number of alkyl halides is 3. The number of anilines is 2. The largest absolute Gasteiger partial charge is 0.491 e. The van der Waals surface area contributed by atoms with Crippen LogP contribution in [-0.2, 0) is 13.2 Å². The molecular formula is C23H22F3N3O3. The van der Waals surface area contributed by atoms with Crippen LogP contribution >= 0.6 is 0 Å². The van der Waals surface area contributed by atoms with Gasteiger partial charge < -0.3 is 19.9 Å². The highest BCUT2D eigenvalue weighted by Gasteiger charge is 2.33. The number of benzene rings is 2. The normalized spacial score (nSPS) is 12.2. The molecule has 0 fully saturated rings. The number of pyridine rings is 1. The van der Waals surface area contributed by atoms with E-state index in [9.17, 15) is 22.8 Å². The van der Waals surface area contributed by atoms with Gasteiger partial charge in [-0.05, 0) is 42.8 Å². The van der Waals surface area contributed by atoms with Crippen LogP contribution in [0.25, 0.3) is 0 Å². The van der Waals surface area contributed by atoms with Gasteiger partial charge in [-0.25, -0.2) is 0 Å². The summed E-state index contributed by atoms with van der Waals surface area (Å²) in [6.45, 7) is 1.73. The number of carbonyl (C=O) groups is 1. The molecule has 0 saturated carbocycles. The SMILES string of the molecule is COc1c(C(=O)N[C@H](C)c2cccc(Nc3ccccc3C(F)(F)F)c2)ccn(C)c1=O. The maximum atomic E-state index is 13.3. The highest BCUT2D eigenvalue weighted by Crippen LogP contribution is 2.36. The molecule has 168 valence electrons. The fraction of sp³-hybridized carbons (Fsp3) is 0.217. The molecule has 1 amide bonds. The Hall–Kier alpha value is -3.75. The molecule has 0 spiro atoms. The predicted molar refractivity (Wildman–Crippen MR) is 115 cm³/mol. The standard InChI is InChI=1S/C23H22F3N3O3/c1-14(27-21(30)17-11-12-29(2)22(31)20(17)32-3)15-7-6-8-16(13-15)28-19-10-5-4-9-18(19)23(24,25)26/h4-14,28H,1-3H3,(H,27,30)/t14-/m1/s1. The van der Waals surface area contributed by atoms with Gasteiger partial charge >= 0.3 is 6.18 Å². The Labute approximate surface area is 182 Å². The fourth-order valence-corrected chi connectivity index (χ4v) is 3.22. The molecule has 32 heavy (non-hydrogen) atoms. The van der Waals surface area contributed by atoms with Gasteiger partial charge in [-0.1, -0.05) is 24.3 Å². The lowest BCUT2D eigenvalue weighted by Crippen LogP contribution is -2.29. The third-order valence-electron chi connectivity index (χ3n) is 4.92. The number of aromatic nitrogens is 1. The minimum Gasteiger partial charge on any atom is -0.491 e. The van der Waals surface area contributed by atoms with E-state index in [1.54, 1.807) is 38.2 Å². The summed E-state index contributed by atoms with van der Waals surface area (Å²) in [6, 6.07) is 12.9. The third-order valence-corrected chi connectivity index (χ3v) is 4.92. The average Bonchev–Trinajstić information content (AvgIpc) is 2.75. The van der Waals surface area contributed by atoms with Crippen molar-refractivity contribution in [3.63, 3.8) is 0 Å². The number of amides is 1. The molecule has 0 saturated heterocycles. The summed E-state index contributed by atoms with van der Waals surface area (Å²) >= 11 is 0. The van der Waals surface area contributed by atoms with Crippen molar-refractivity contribution >= 4 is 17.3 Å². The second kappa shape index (κ2) is 9.17. The number of hydrogen-bond acceptors (Lipinski definition) is 4. The minimum absolute atomic E-state index is 0.0705. The first-order valence-electron chi connectivity index (χ1n) is 9.69. The van der Waals surface area contributed by atoms with Crippen LogP contribution in [0.5, 0.6) is 5.75 Å². The van der Waals surface area contributed by atoms with Crippen LogP contribution < -0.4 is 20.9 Å². The molecular weight excluding hydrogens is 423 g/mol. The number of ether oxygens (including phenoxy) is 1. The number of aryl methyl sites for hydroxylation is 1. The summed E-state index contributed by atoms with van der Waals surface area (Å²) in [7, 11) is 2.86. The van der Waals surface area contributed by atoms with E-state index in [2.05, 4.69) is 10.6 Å². The van der Waals surface area contributed by atoms with E-state index < -0.39 is 29.2 Å². The summed E-state index contributed by atoms with van der Waals surface area (Å²) in [5, 5.41) is 5.58. The number of carbonyl (C=O) groups excluding carboxylic acids is 1. The molecule has 1 heterocycles. The Kier molecular flexibility index (Phi) is 6.57. The Morgan fingerprint density at radius 1 is 1.09 bits per heavy atom. The van der Waals surface area contributed by atoms with Crippen molar-refractivity contribution in [3.8, 4) is 5.75 Å². The van der Waals surface area contributed by atoms with Crippen LogP contribution in [0.15, 0.2) is 65.6 Å². The zero-order chi connectivity index (χ0) is 23.5. The van der Waals surface area contributed by atoms with Gasteiger partial charge in [-0.2, -0.15) is 13.2 Å². The van der Waals surface area contributed by atoms with Crippen LogP contribution in [0, 0.1) is 0 Å². The Balaban J connectivity index is 1.81. The summed E-state index contributed by atoms with van der Waals surface area (Å²) in [6.07, 6.45) is -3.03. The fourth-order valence-electron chi connectivity index (χ4n) is 3.22. The number of hydrogen-bond donors (Lipinski definition) is 2. The lowest BCUT2D eigenvalue weighted by Gasteiger charge is -2.18. The van der Waals surface area contributed by atoms with Crippen LogP contribution in [0.3, 0.4) is 0 Å². The Morgan fingerprint density at radius 3 is 2.50 bits per heavy atom. The van der Waals surface area contributed by atoms with Crippen molar-refractivity contribution in [2.75, 3.05) is 12.4 Å². The van der Waals surface area contributed by atoms with Gasteiger partial charge in [0.15, 0.2) is 5.75 Å². The third kappa shape index (κ3) is 4.93. The van der Waals surface area contributed by atoms with E-state index in [-0.39, 0.29) is 17.0 Å². The molecule has 2 aromatic carbocycles. The van der Waals surface area contributed by atoms with Crippen molar-refractivity contribution < 1.29 is 22.7 Å². The second-order valence-corrected chi connectivity index (χ2v) is 7.17. The zero-order valence-electron chi connectivity index (χ0n) is 17.7. The number of para-hydroxylation sites is 1. The van der Waals surface area contributed by atoms with E-state index in [0.29, 0.717) is 11.3 Å². The first kappa shape index (κ1) is 22.9. The van der Waals surface area contributed by atoms with Gasteiger partial charge in [0, 0.05) is 18.9 Å². The number of nitrogens with zero attached hydrogens (tertiary/aromatic N) is 1. The number of nitrogens with one attached hydrogen (secondary N) is 2. The van der Waals surface area contributed by atoms with Gasteiger partial charge in [0.05, 0.1) is 30.0 Å². The summed E-state index contributed by atoms with van der Waals surface area (Å²) in [4.78, 5) is 24.9. The molecule has 0 aliphatic heterocycles. The smallest absolute Gasteiger partial charge is 0.418 e. The van der Waals surface area contributed by atoms with Gasteiger partial charge in [-0.3, -0.25) is 9.59 Å². The van der Waals surface area contributed by atoms with E-state index in [1.807, 2.05) is 0 Å². The van der Waals surface area contributed by atoms with Crippen LogP contribution in [0.2, 0.25) is 0 Å². The van der Waals surface area contributed by atoms with Gasteiger partial charge in [0.1, 0.15) is 0 Å². The van der Waals surface area contributed by atoms with Crippen molar-refractivity contribution in [1.82, 2.24) is 9.88 Å². The van der Waals surface area contributed by atoms with Gasteiger partial charge in [0.2, 0.25) is 0 Å². The predicted octanol–water partition coefficient (Wildman–Crippen LogP) is 4.65. The van der Waals surface area contributed by atoms with E-state index >= 15 is 0 Å². The van der Waals surface area contributed by atoms with Crippen LogP contribution in [0.4, 0.5) is 24.5 Å². The molecule has 0 bridgehead atoms. The lowest BCUT2D eigenvalue weighted by atomic mass is 10.1. The molecule has 0 radical (unpaired) electrons.